The molecule has 1 atom stereocenters. The molecule has 0 spiro atoms. The summed E-state index contributed by atoms with van der Waals surface area (Å²) < 4.78 is 33.0. The standard InChI is InChI=1S/C21H23N3O5S/c1-13-5-6-15(10-14(13)2)22-21(26)18-4-3-9-24(18)30(27,28)16-7-8-19-17(11-16)23-20(25)12-29-19/h5-8,10-11,18H,3-4,9,12H2,1-2H3,(H,22,26)(H,23,25)/t18-/m1/s1. The third-order valence-electron chi connectivity index (χ3n) is 5.47. The molecule has 0 bridgehead atoms. The molecule has 2 aliphatic rings. The molecule has 2 aliphatic heterocycles. The molecule has 9 heteroatoms. The maximum Gasteiger partial charge on any atom is 0.262 e. The average molecular weight is 429 g/mol. The van der Waals surface area contributed by atoms with Gasteiger partial charge in [0.15, 0.2) is 6.61 Å². The van der Waals surface area contributed by atoms with Crippen LogP contribution in [0.2, 0.25) is 0 Å². The number of hydrogen-bond acceptors (Lipinski definition) is 5. The highest BCUT2D eigenvalue weighted by molar-refractivity contribution is 7.89. The predicted octanol–water partition coefficient (Wildman–Crippen LogP) is 2.43. The molecule has 2 amide bonds. The number of fused-ring (bicyclic) bond motifs is 1. The van der Waals surface area contributed by atoms with Gasteiger partial charge in [-0.05, 0) is 68.1 Å². The maximum atomic E-state index is 13.3. The number of ether oxygens (including phenoxy) is 1. The van der Waals surface area contributed by atoms with E-state index in [0.717, 1.165) is 11.1 Å². The Hall–Kier alpha value is -2.91. The van der Waals surface area contributed by atoms with Crippen LogP contribution in [0, 0.1) is 13.8 Å². The molecule has 8 nitrogen and oxygen atoms in total. The number of carbonyl (C=O) groups excluding carboxylic acids is 2. The first-order chi connectivity index (χ1) is 14.3. The SMILES string of the molecule is Cc1ccc(NC(=O)[C@H]2CCCN2S(=O)(=O)c2ccc3c(c2)NC(=O)CO3)cc1C. The van der Waals surface area contributed by atoms with Crippen LogP contribution in [-0.2, 0) is 19.6 Å². The fraction of sp³-hybridized carbons (Fsp3) is 0.333. The molecule has 1 fully saturated rings. The van der Waals surface area contributed by atoms with E-state index in [1.807, 2.05) is 26.0 Å². The molecule has 2 aromatic carbocycles. The van der Waals surface area contributed by atoms with Crippen molar-refractivity contribution in [2.24, 2.45) is 0 Å². The Morgan fingerprint density at radius 2 is 1.97 bits per heavy atom. The smallest absolute Gasteiger partial charge is 0.262 e. The largest absolute Gasteiger partial charge is 0.482 e. The molecule has 0 aromatic heterocycles. The Morgan fingerprint density at radius 1 is 1.17 bits per heavy atom. The summed E-state index contributed by atoms with van der Waals surface area (Å²) in [5.41, 5.74) is 3.10. The Morgan fingerprint density at radius 3 is 2.73 bits per heavy atom. The van der Waals surface area contributed by atoms with Gasteiger partial charge in [-0.25, -0.2) is 8.42 Å². The molecule has 30 heavy (non-hydrogen) atoms. The van der Waals surface area contributed by atoms with Crippen LogP contribution in [-0.4, -0.2) is 43.7 Å². The molecule has 0 unspecified atom stereocenters. The summed E-state index contributed by atoms with van der Waals surface area (Å²) in [5, 5.41) is 5.45. The molecular weight excluding hydrogens is 406 g/mol. The lowest BCUT2D eigenvalue weighted by atomic mass is 10.1. The van der Waals surface area contributed by atoms with Gasteiger partial charge in [0.1, 0.15) is 11.8 Å². The van der Waals surface area contributed by atoms with Crippen molar-refractivity contribution < 1.29 is 22.7 Å². The number of sulfonamides is 1. The van der Waals surface area contributed by atoms with Crippen molar-refractivity contribution in [2.45, 2.75) is 37.6 Å². The number of nitrogens with one attached hydrogen (secondary N) is 2. The number of rotatable bonds is 4. The normalized spacial score (nSPS) is 19.0. The summed E-state index contributed by atoms with van der Waals surface area (Å²) in [5.74, 6) is -0.281. The van der Waals surface area contributed by atoms with Crippen molar-refractivity contribution in [3.05, 3.63) is 47.5 Å². The molecule has 0 aliphatic carbocycles. The second kappa shape index (κ2) is 7.73. The van der Waals surface area contributed by atoms with Crippen LogP contribution in [0.25, 0.3) is 0 Å². The highest BCUT2D eigenvalue weighted by atomic mass is 32.2. The van der Waals surface area contributed by atoms with Gasteiger partial charge in [-0.1, -0.05) is 6.07 Å². The van der Waals surface area contributed by atoms with Crippen molar-refractivity contribution in [1.82, 2.24) is 4.31 Å². The van der Waals surface area contributed by atoms with Crippen LogP contribution < -0.4 is 15.4 Å². The minimum Gasteiger partial charge on any atom is -0.482 e. The first-order valence-electron chi connectivity index (χ1n) is 9.72. The number of carbonyl (C=O) groups is 2. The predicted molar refractivity (Wildman–Crippen MR) is 112 cm³/mol. The molecule has 2 aromatic rings. The lowest BCUT2D eigenvalue weighted by molar-refractivity contribution is -0.119. The molecule has 158 valence electrons. The van der Waals surface area contributed by atoms with E-state index in [1.165, 1.54) is 22.5 Å². The highest BCUT2D eigenvalue weighted by Gasteiger charge is 2.40. The summed E-state index contributed by atoms with van der Waals surface area (Å²) in [7, 11) is -3.93. The molecule has 0 saturated carbocycles. The Bertz CT molecular complexity index is 1130. The summed E-state index contributed by atoms with van der Waals surface area (Å²) >= 11 is 0. The monoisotopic (exact) mass is 429 g/mol. The van der Waals surface area contributed by atoms with E-state index in [4.69, 9.17) is 4.74 Å². The number of anilines is 2. The summed E-state index contributed by atoms with van der Waals surface area (Å²) in [6, 6.07) is 9.12. The van der Waals surface area contributed by atoms with E-state index in [9.17, 15) is 18.0 Å². The molecule has 4 rings (SSSR count). The molecular formula is C21H23N3O5S. The number of hydrogen-bond donors (Lipinski definition) is 2. The number of benzene rings is 2. The fourth-order valence-corrected chi connectivity index (χ4v) is 5.38. The molecule has 2 N–H and O–H groups in total. The van der Waals surface area contributed by atoms with E-state index >= 15 is 0 Å². The van der Waals surface area contributed by atoms with Crippen LogP contribution in [0.3, 0.4) is 0 Å². The summed E-state index contributed by atoms with van der Waals surface area (Å²) in [6.45, 7) is 4.09. The van der Waals surface area contributed by atoms with Crippen LogP contribution in [0.15, 0.2) is 41.3 Å². The third-order valence-corrected chi connectivity index (χ3v) is 7.38. The van der Waals surface area contributed by atoms with Gasteiger partial charge in [-0.15, -0.1) is 0 Å². The average Bonchev–Trinajstić information content (AvgIpc) is 3.21. The van der Waals surface area contributed by atoms with E-state index in [0.29, 0.717) is 30.0 Å². The topological polar surface area (TPSA) is 105 Å². The van der Waals surface area contributed by atoms with Crippen LogP contribution in [0.4, 0.5) is 11.4 Å². The van der Waals surface area contributed by atoms with Crippen LogP contribution >= 0.6 is 0 Å². The van der Waals surface area contributed by atoms with Gasteiger partial charge in [0.2, 0.25) is 15.9 Å². The summed E-state index contributed by atoms with van der Waals surface area (Å²) in [6.07, 6.45) is 1.04. The number of amides is 2. The molecule has 0 radical (unpaired) electrons. The third kappa shape index (κ3) is 3.78. The number of aryl methyl sites for hydroxylation is 2. The van der Waals surface area contributed by atoms with Gasteiger partial charge in [-0.3, -0.25) is 9.59 Å². The Kier molecular flexibility index (Phi) is 5.25. The van der Waals surface area contributed by atoms with Crippen molar-refractivity contribution in [3.63, 3.8) is 0 Å². The molecule has 2 heterocycles. The van der Waals surface area contributed by atoms with Gasteiger partial charge in [0.05, 0.1) is 10.6 Å². The maximum absolute atomic E-state index is 13.3. The zero-order valence-electron chi connectivity index (χ0n) is 16.8. The molecule has 1 saturated heterocycles. The van der Waals surface area contributed by atoms with E-state index in [1.54, 1.807) is 6.07 Å². The van der Waals surface area contributed by atoms with Gasteiger partial charge in [-0.2, -0.15) is 4.31 Å². The van der Waals surface area contributed by atoms with Gasteiger partial charge in [0, 0.05) is 12.2 Å². The van der Waals surface area contributed by atoms with Crippen LogP contribution in [0.5, 0.6) is 5.75 Å². The van der Waals surface area contributed by atoms with Crippen molar-refractivity contribution >= 4 is 33.2 Å². The second-order valence-electron chi connectivity index (χ2n) is 7.56. The zero-order chi connectivity index (χ0) is 21.5. The first kappa shape index (κ1) is 20.4. The van der Waals surface area contributed by atoms with Gasteiger partial charge >= 0.3 is 0 Å². The zero-order valence-corrected chi connectivity index (χ0v) is 17.6. The second-order valence-corrected chi connectivity index (χ2v) is 9.45. The lowest BCUT2D eigenvalue weighted by Gasteiger charge is -2.25. The number of nitrogens with zero attached hydrogens (tertiary/aromatic N) is 1. The van der Waals surface area contributed by atoms with E-state index in [2.05, 4.69) is 10.6 Å². The fourth-order valence-electron chi connectivity index (χ4n) is 3.69. The van der Waals surface area contributed by atoms with Gasteiger partial charge < -0.3 is 15.4 Å². The minimum atomic E-state index is -3.93. The van der Waals surface area contributed by atoms with E-state index < -0.39 is 16.1 Å². The van der Waals surface area contributed by atoms with Gasteiger partial charge in [0.25, 0.3) is 5.91 Å². The van der Waals surface area contributed by atoms with Crippen molar-refractivity contribution in [1.29, 1.82) is 0 Å². The van der Waals surface area contributed by atoms with E-state index in [-0.39, 0.29) is 29.9 Å². The Balaban J connectivity index is 1.57. The highest BCUT2D eigenvalue weighted by Crippen LogP contribution is 2.33. The lowest BCUT2D eigenvalue weighted by Crippen LogP contribution is -2.43. The first-order valence-corrected chi connectivity index (χ1v) is 11.2. The van der Waals surface area contributed by atoms with Crippen molar-refractivity contribution in [2.75, 3.05) is 23.8 Å². The minimum absolute atomic E-state index is 0.0120. The quantitative estimate of drug-likeness (QED) is 0.777. The summed E-state index contributed by atoms with van der Waals surface area (Å²) in [4.78, 5) is 24.4. The Labute approximate surface area is 175 Å². The van der Waals surface area contributed by atoms with Crippen molar-refractivity contribution in [3.8, 4) is 5.75 Å². The van der Waals surface area contributed by atoms with Crippen LogP contribution in [0.1, 0.15) is 24.0 Å².